The van der Waals surface area contributed by atoms with Crippen molar-refractivity contribution < 1.29 is 14.3 Å². The molecule has 0 N–H and O–H groups in total. The zero-order valence-electron chi connectivity index (χ0n) is 11.7. The van der Waals surface area contributed by atoms with Crippen molar-refractivity contribution in [2.24, 2.45) is 5.41 Å². The maximum absolute atomic E-state index is 12.1. The van der Waals surface area contributed by atoms with E-state index in [1.54, 1.807) is 6.92 Å². The number of Topliss-reactive ketones (excluding diaryl/α,β-unsaturated/α-hetero) is 1. The number of unbranched alkanes of at least 4 members (excludes halogenated alkanes) is 2. The molecule has 0 amide bonds. The highest BCUT2D eigenvalue weighted by Crippen LogP contribution is 2.34. The summed E-state index contributed by atoms with van der Waals surface area (Å²) in [5.41, 5.74) is -0.887. The van der Waals surface area contributed by atoms with Gasteiger partial charge in [-0.05, 0) is 26.7 Å². The molecule has 3 heteroatoms. The quantitative estimate of drug-likeness (QED) is 0.459. The summed E-state index contributed by atoms with van der Waals surface area (Å²) in [6.45, 7) is 7.77. The molecule has 0 atom stereocenters. The maximum Gasteiger partial charge on any atom is 0.319 e. The van der Waals surface area contributed by atoms with Crippen molar-refractivity contribution in [3.8, 4) is 0 Å². The van der Waals surface area contributed by atoms with E-state index < -0.39 is 5.41 Å². The second kappa shape index (κ2) is 8.26. The van der Waals surface area contributed by atoms with Crippen LogP contribution in [0.3, 0.4) is 0 Å². The van der Waals surface area contributed by atoms with Crippen LogP contribution in [0.1, 0.15) is 66.2 Å². The van der Waals surface area contributed by atoms with E-state index in [2.05, 4.69) is 13.8 Å². The van der Waals surface area contributed by atoms with Crippen LogP contribution in [0.2, 0.25) is 0 Å². The molecule has 0 spiro atoms. The maximum atomic E-state index is 12.1. The van der Waals surface area contributed by atoms with Crippen molar-refractivity contribution in [3.05, 3.63) is 0 Å². The lowest BCUT2D eigenvalue weighted by molar-refractivity contribution is -0.161. The van der Waals surface area contributed by atoms with Gasteiger partial charge in [-0.2, -0.15) is 0 Å². The molecule has 0 saturated heterocycles. The molecule has 0 rings (SSSR count). The number of ether oxygens (including phenoxy) is 1. The highest BCUT2D eigenvalue weighted by atomic mass is 16.5. The summed E-state index contributed by atoms with van der Waals surface area (Å²) in [4.78, 5) is 24.0. The Bertz CT molecular complexity index is 238. The van der Waals surface area contributed by atoms with Crippen LogP contribution >= 0.6 is 0 Å². The summed E-state index contributed by atoms with van der Waals surface area (Å²) in [7, 11) is 0. The summed E-state index contributed by atoms with van der Waals surface area (Å²) in [6.07, 6.45) is 5.00. The molecule has 0 heterocycles. The summed E-state index contributed by atoms with van der Waals surface area (Å²) in [5.74, 6) is -0.368. The molecule has 0 saturated carbocycles. The molecule has 3 nitrogen and oxygen atoms in total. The topological polar surface area (TPSA) is 43.4 Å². The lowest BCUT2D eigenvalue weighted by atomic mass is 9.75. The van der Waals surface area contributed by atoms with Crippen molar-refractivity contribution in [1.82, 2.24) is 0 Å². The minimum Gasteiger partial charge on any atom is -0.465 e. The standard InChI is InChI=1S/C14H26O3/c1-5-8-10-14(12(4)15,11-9-6-2)13(16)17-7-3/h5-11H2,1-4H3. The smallest absolute Gasteiger partial charge is 0.319 e. The van der Waals surface area contributed by atoms with E-state index in [-0.39, 0.29) is 11.8 Å². The fourth-order valence-corrected chi connectivity index (χ4v) is 2.05. The van der Waals surface area contributed by atoms with Gasteiger partial charge in [-0.25, -0.2) is 0 Å². The lowest BCUT2D eigenvalue weighted by Crippen LogP contribution is -2.39. The SMILES string of the molecule is CCCCC(CCCC)(C(C)=O)C(=O)OCC. The van der Waals surface area contributed by atoms with Crippen LogP contribution in [0.5, 0.6) is 0 Å². The Labute approximate surface area is 105 Å². The van der Waals surface area contributed by atoms with Crippen LogP contribution in [-0.4, -0.2) is 18.4 Å². The Morgan fingerprint density at radius 3 is 1.76 bits per heavy atom. The number of hydrogen-bond donors (Lipinski definition) is 0. The van der Waals surface area contributed by atoms with Crippen LogP contribution in [0.4, 0.5) is 0 Å². The van der Waals surface area contributed by atoms with Gasteiger partial charge in [0, 0.05) is 0 Å². The molecule has 0 aromatic rings. The number of carbonyl (C=O) groups is 2. The molecule has 0 bridgehead atoms. The van der Waals surface area contributed by atoms with E-state index in [0.717, 1.165) is 25.7 Å². The fraction of sp³-hybridized carbons (Fsp3) is 0.857. The molecule has 0 aliphatic carbocycles. The predicted molar refractivity (Wildman–Crippen MR) is 68.8 cm³/mol. The van der Waals surface area contributed by atoms with Gasteiger partial charge < -0.3 is 4.74 Å². The van der Waals surface area contributed by atoms with Gasteiger partial charge in [-0.1, -0.05) is 39.5 Å². The Kier molecular flexibility index (Phi) is 7.85. The second-order valence-electron chi connectivity index (χ2n) is 4.57. The van der Waals surface area contributed by atoms with E-state index >= 15 is 0 Å². The Hall–Kier alpha value is -0.860. The largest absolute Gasteiger partial charge is 0.465 e. The van der Waals surface area contributed by atoms with Gasteiger partial charge >= 0.3 is 5.97 Å². The molecule has 100 valence electrons. The molecule has 0 fully saturated rings. The molecular formula is C14H26O3. The van der Waals surface area contributed by atoms with Gasteiger partial charge in [0.2, 0.25) is 0 Å². The molecule has 0 aliphatic heterocycles. The van der Waals surface area contributed by atoms with Gasteiger partial charge in [0.25, 0.3) is 0 Å². The highest BCUT2D eigenvalue weighted by molar-refractivity contribution is 6.02. The van der Waals surface area contributed by atoms with Crippen molar-refractivity contribution >= 4 is 11.8 Å². The molecule has 0 aliphatic rings. The average Bonchev–Trinajstić information content (AvgIpc) is 2.29. The average molecular weight is 242 g/mol. The van der Waals surface area contributed by atoms with Crippen LogP contribution in [-0.2, 0) is 14.3 Å². The van der Waals surface area contributed by atoms with Crippen LogP contribution in [0, 0.1) is 5.41 Å². The van der Waals surface area contributed by atoms with Gasteiger partial charge in [-0.3, -0.25) is 9.59 Å². The van der Waals surface area contributed by atoms with E-state index in [1.807, 2.05) is 0 Å². The number of ketones is 1. The normalized spacial score (nSPS) is 11.3. The summed E-state index contributed by atoms with van der Waals surface area (Å²) >= 11 is 0. The molecule has 0 aromatic heterocycles. The number of carbonyl (C=O) groups excluding carboxylic acids is 2. The van der Waals surface area contributed by atoms with Gasteiger partial charge in [0.1, 0.15) is 11.2 Å². The van der Waals surface area contributed by atoms with E-state index in [0.29, 0.717) is 19.4 Å². The third-order valence-corrected chi connectivity index (χ3v) is 3.25. The van der Waals surface area contributed by atoms with E-state index in [4.69, 9.17) is 4.74 Å². The minimum absolute atomic E-state index is 0.0437. The first-order valence-electron chi connectivity index (χ1n) is 6.73. The summed E-state index contributed by atoms with van der Waals surface area (Å²) in [5, 5.41) is 0. The molecule has 17 heavy (non-hydrogen) atoms. The first-order chi connectivity index (χ1) is 8.05. The van der Waals surface area contributed by atoms with Crippen molar-refractivity contribution in [2.45, 2.75) is 66.2 Å². The molecule has 0 unspecified atom stereocenters. The van der Waals surface area contributed by atoms with Crippen LogP contribution in [0.15, 0.2) is 0 Å². The first-order valence-corrected chi connectivity index (χ1v) is 6.73. The zero-order chi connectivity index (χ0) is 13.3. The predicted octanol–water partition coefficient (Wildman–Crippen LogP) is 3.51. The number of esters is 1. The van der Waals surface area contributed by atoms with E-state index in [1.165, 1.54) is 6.92 Å². The summed E-state index contributed by atoms with van der Waals surface area (Å²) < 4.78 is 5.10. The Morgan fingerprint density at radius 1 is 1.00 bits per heavy atom. The summed E-state index contributed by atoms with van der Waals surface area (Å²) in [6, 6.07) is 0. The molecule has 0 radical (unpaired) electrons. The van der Waals surface area contributed by atoms with E-state index in [9.17, 15) is 9.59 Å². The third kappa shape index (κ3) is 4.49. The third-order valence-electron chi connectivity index (χ3n) is 3.25. The lowest BCUT2D eigenvalue weighted by Gasteiger charge is -2.28. The Morgan fingerprint density at radius 2 is 1.47 bits per heavy atom. The van der Waals surface area contributed by atoms with Gasteiger partial charge in [0.15, 0.2) is 0 Å². The number of rotatable bonds is 9. The monoisotopic (exact) mass is 242 g/mol. The molecule has 0 aromatic carbocycles. The minimum atomic E-state index is -0.887. The van der Waals surface area contributed by atoms with Crippen LogP contribution < -0.4 is 0 Å². The van der Waals surface area contributed by atoms with Crippen molar-refractivity contribution in [2.75, 3.05) is 6.61 Å². The highest BCUT2D eigenvalue weighted by Gasteiger charge is 2.43. The Balaban J connectivity index is 4.93. The number of hydrogen-bond acceptors (Lipinski definition) is 3. The second-order valence-corrected chi connectivity index (χ2v) is 4.57. The van der Waals surface area contributed by atoms with Crippen molar-refractivity contribution in [3.63, 3.8) is 0 Å². The van der Waals surface area contributed by atoms with Gasteiger partial charge in [-0.15, -0.1) is 0 Å². The van der Waals surface area contributed by atoms with Gasteiger partial charge in [0.05, 0.1) is 6.61 Å². The van der Waals surface area contributed by atoms with Crippen LogP contribution in [0.25, 0.3) is 0 Å². The van der Waals surface area contributed by atoms with Crippen molar-refractivity contribution in [1.29, 1.82) is 0 Å². The zero-order valence-corrected chi connectivity index (χ0v) is 11.7. The first kappa shape index (κ1) is 16.1. The molecular weight excluding hydrogens is 216 g/mol. The fourth-order valence-electron chi connectivity index (χ4n) is 2.05.